The lowest BCUT2D eigenvalue weighted by Crippen LogP contribution is -2.32. The van der Waals surface area contributed by atoms with Crippen LogP contribution in [0.15, 0.2) is 217 Å². The summed E-state index contributed by atoms with van der Waals surface area (Å²) in [5, 5.41) is 0. The summed E-state index contributed by atoms with van der Waals surface area (Å²) in [6, 6.07) is 61.6. The molecule has 0 saturated heterocycles. The van der Waals surface area contributed by atoms with E-state index in [2.05, 4.69) is 204 Å². The van der Waals surface area contributed by atoms with Gasteiger partial charge in [-0.2, -0.15) is 0 Å². The largest absolute Gasteiger partial charge is 0.457 e. The van der Waals surface area contributed by atoms with Gasteiger partial charge in [-0.25, -0.2) is 0 Å². The Morgan fingerprint density at radius 2 is 1.16 bits per heavy atom. The quantitative estimate of drug-likeness (QED) is 0.158. The first-order valence-corrected chi connectivity index (χ1v) is 19.7. The van der Waals surface area contributed by atoms with E-state index in [4.69, 9.17) is 4.74 Å². The Morgan fingerprint density at radius 1 is 0.509 bits per heavy atom. The molecule has 4 aliphatic rings. The lowest BCUT2D eigenvalue weighted by Gasteiger charge is -2.40. The molecule has 1 spiro atoms. The van der Waals surface area contributed by atoms with Gasteiger partial charge in [-0.05, 0) is 112 Å². The van der Waals surface area contributed by atoms with E-state index in [-0.39, 0.29) is 0 Å². The second-order valence-corrected chi connectivity index (χ2v) is 15.0. The van der Waals surface area contributed by atoms with E-state index in [1.807, 2.05) is 12.2 Å². The van der Waals surface area contributed by atoms with Crippen molar-refractivity contribution in [3.05, 3.63) is 251 Å². The lowest BCUT2D eigenvalue weighted by molar-refractivity contribution is 0.436. The molecule has 2 heteroatoms. The smallest absolute Gasteiger partial charge is 0.132 e. The molecule has 0 unspecified atom stereocenters. The normalized spacial score (nSPS) is 15.1. The highest BCUT2D eigenvalue weighted by atomic mass is 16.5. The van der Waals surface area contributed by atoms with Crippen LogP contribution in [-0.2, 0) is 5.41 Å². The van der Waals surface area contributed by atoms with Crippen molar-refractivity contribution in [3.63, 3.8) is 0 Å². The van der Waals surface area contributed by atoms with E-state index in [1.54, 1.807) is 0 Å². The summed E-state index contributed by atoms with van der Waals surface area (Å²) >= 11 is 0. The SMILES string of the molecule is C1=C=C(c2ccccc2N(C2=CC=C(c3ccccc3)CC2)c2ccc3c(c2)C2(c4ccccc4Oc4ccccc42)c2cc(-c4ccccc4)ccc2-3)C=CC=1. The Bertz CT molecular complexity index is 2900. The van der Waals surface area contributed by atoms with Crippen molar-refractivity contribution >= 4 is 22.5 Å². The summed E-state index contributed by atoms with van der Waals surface area (Å²) in [7, 11) is 0. The molecular formula is C55H37NO. The minimum absolute atomic E-state index is 0.619. The van der Waals surface area contributed by atoms with Crippen LogP contribution in [-0.4, -0.2) is 0 Å². The molecule has 11 rings (SSSR count). The number of rotatable bonds is 6. The summed E-state index contributed by atoms with van der Waals surface area (Å²) in [6.45, 7) is 0. The van der Waals surface area contributed by atoms with Crippen LogP contribution in [0.3, 0.4) is 0 Å². The van der Waals surface area contributed by atoms with E-state index in [0.717, 1.165) is 58.0 Å². The minimum Gasteiger partial charge on any atom is -0.457 e. The van der Waals surface area contributed by atoms with Gasteiger partial charge in [-0.3, -0.25) is 0 Å². The van der Waals surface area contributed by atoms with E-state index in [9.17, 15) is 0 Å². The van der Waals surface area contributed by atoms with Crippen LogP contribution in [0.25, 0.3) is 33.4 Å². The van der Waals surface area contributed by atoms with E-state index >= 15 is 0 Å². The third kappa shape index (κ3) is 5.28. The summed E-state index contributed by atoms with van der Waals surface area (Å²) in [4.78, 5) is 2.48. The molecule has 0 atom stereocenters. The molecule has 3 aliphatic carbocycles. The number of anilines is 2. The first-order chi connectivity index (χ1) is 28.3. The average molecular weight is 728 g/mol. The molecule has 0 bridgehead atoms. The predicted molar refractivity (Wildman–Crippen MR) is 234 cm³/mol. The summed E-state index contributed by atoms with van der Waals surface area (Å²) in [5.74, 6) is 1.77. The number of ether oxygens (including phenoxy) is 1. The fourth-order valence-corrected chi connectivity index (χ4v) is 9.41. The van der Waals surface area contributed by atoms with Crippen LogP contribution < -0.4 is 9.64 Å². The maximum atomic E-state index is 6.73. The van der Waals surface area contributed by atoms with Crippen molar-refractivity contribution in [2.75, 3.05) is 4.90 Å². The number of hydrogen-bond donors (Lipinski definition) is 0. The fraction of sp³-hybridized carbons (Fsp3) is 0.0545. The highest BCUT2D eigenvalue weighted by molar-refractivity contribution is 5.93. The second-order valence-electron chi connectivity index (χ2n) is 15.0. The number of nitrogens with zero attached hydrogens (tertiary/aromatic N) is 1. The molecule has 57 heavy (non-hydrogen) atoms. The number of hydrogen-bond acceptors (Lipinski definition) is 2. The molecule has 0 saturated carbocycles. The Hall–Kier alpha value is -7.34. The number of fused-ring (bicyclic) bond motifs is 9. The highest BCUT2D eigenvalue weighted by Crippen LogP contribution is 2.63. The van der Waals surface area contributed by atoms with Gasteiger partial charge < -0.3 is 9.64 Å². The van der Waals surface area contributed by atoms with Crippen molar-refractivity contribution in [3.8, 4) is 33.8 Å². The predicted octanol–water partition coefficient (Wildman–Crippen LogP) is 14.0. The fourth-order valence-electron chi connectivity index (χ4n) is 9.41. The Balaban J connectivity index is 1.18. The van der Waals surface area contributed by atoms with Crippen LogP contribution in [0.5, 0.6) is 11.5 Å². The molecule has 1 heterocycles. The van der Waals surface area contributed by atoms with Gasteiger partial charge in [0.25, 0.3) is 0 Å². The molecule has 7 aromatic rings. The first-order valence-electron chi connectivity index (χ1n) is 19.7. The Kier molecular flexibility index (Phi) is 7.79. The molecule has 0 N–H and O–H groups in total. The monoisotopic (exact) mass is 727 g/mol. The van der Waals surface area contributed by atoms with Crippen molar-refractivity contribution in [1.82, 2.24) is 0 Å². The van der Waals surface area contributed by atoms with Crippen molar-refractivity contribution < 1.29 is 4.74 Å². The number of para-hydroxylation sites is 3. The van der Waals surface area contributed by atoms with Crippen molar-refractivity contribution in [1.29, 1.82) is 0 Å². The van der Waals surface area contributed by atoms with Gasteiger partial charge in [-0.15, -0.1) is 0 Å². The van der Waals surface area contributed by atoms with Gasteiger partial charge in [0, 0.05) is 33.6 Å². The second kappa shape index (κ2) is 13.4. The maximum Gasteiger partial charge on any atom is 0.132 e. The van der Waals surface area contributed by atoms with Crippen molar-refractivity contribution in [2.45, 2.75) is 18.3 Å². The Morgan fingerprint density at radius 3 is 1.86 bits per heavy atom. The van der Waals surface area contributed by atoms with E-state index in [1.165, 1.54) is 50.2 Å². The van der Waals surface area contributed by atoms with Crippen LogP contribution in [0.4, 0.5) is 11.4 Å². The Labute approximate surface area is 333 Å². The zero-order valence-corrected chi connectivity index (χ0v) is 31.3. The van der Waals surface area contributed by atoms with Crippen LogP contribution in [0, 0.1) is 0 Å². The average Bonchev–Trinajstić information content (AvgIpc) is 3.57. The van der Waals surface area contributed by atoms with Crippen LogP contribution in [0.2, 0.25) is 0 Å². The third-order valence-corrected chi connectivity index (χ3v) is 11.9. The van der Waals surface area contributed by atoms with Gasteiger partial charge in [-0.1, -0.05) is 157 Å². The minimum atomic E-state index is -0.619. The summed E-state index contributed by atoms with van der Waals surface area (Å²) in [6.07, 6.45) is 12.6. The maximum absolute atomic E-state index is 6.73. The zero-order chi connectivity index (χ0) is 37.8. The van der Waals surface area contributed by atoms with Crippen molar-refractivity contribution in [2.24, 2.45) is 0 Å². The third-order valence-electron chi connectivity index (χ3n) is 11.9. The molecule has 7 aromatic carbocycles. The van der Waals surface area contributed by atoms with Gasteiger partial charge in [0.2, 0.25) is 0 Å². The summed E-state index contributed by atoms with van der Waals surface area (Å²) in [5.41, 5.74) is 23.9. The van der Waals surface area contributed by atoms with Gasteiger partial charge in [0.1, 0.15) is 11.5 Å². The molecular weight excluding hydrogens is 691 g/mol. The summed E-state index contributed by atoms with van der Waals surface area (Å²) < 4.78 is 6.73. The van der Waals surface area contributed by atoms with E-state index < -0.39 is 5.41 Å². The molecule has 0 radical (unpaired) electrons. The number of allylic oxidation sites excluding steroid dienone is 8. The van der Waals surface area contributed by atoms with Gasteiger partial charge in [0.05, 0.1) is 11.1 Å². The standard InChI is InChI=1S/C55H37NO/c1-4-16-38(17-5-1)40-28-31-43(32-29-40)56(52-25-13-10-22-45(52)41-20-8-3-9-21-41)44-33-35-47-46-34-30-42(39-18-6-2-7-19-39)36-50(46)55(51(47)37-44)48-23-11-14-26-53(48)57-54-27-15-12-24-49(54)55/h1-8,10-20,22-28,30-31,33-37H,29,32H2. The molecule has 1 aliphatic heterocycles. The van der Waals surface area contributed by atoms with Gasteiger partial charge >= 0.3 is 0 Å². The highest BCUT2D eigenvalue weighted by Gasteiger charge is 2.51. The molecule has 0 fully saturated rings. The first kappa shape index (κ1) is 33.0. The zero-order valence-electron chi connectivity index (χ0n) is 31.3. The molecule has 268 valence electrons. The lowest BCUT2D eigenvalue weighted by atomic mass is 9.66. The topological polar surface area (TPSA) is 12.5 Å². The molecule has 0 aromatic heterocycles. The molecule has 0 amide bonds. The van der Waals surface area contributed by atoms with E-state index in [0.29, 0.717) is 0 Å². The molecule has 2 nitrogen and oxygen atoms in total. The number of benzene rings is 7. The van der Waals surface area contributed by atoms with Crippen LogP contribution in [0.1, 0.15) is 46.2 Å². The van der Waals surface area contributed by atoms with Gasteiger partial charge in [0.15, 0.2) is 0 Å². The van der Waals surface area contributed by atoms with Crippen LogP contribution >= 0.6 is 0 Å².